The lowest BCUT2D eigenvalue weighted by molar-refractivity contribution is 0.0687. The monoisotopic (exact) mass is 571 g/mol. The zero-order valence-electron chi connectivity index (χ0n) is 22.3. The molecule has 5 aromatic rings. The van der Waals surface area contributed by atoms with Crippen LogP contribution in [0, 0.1) is 18.6 Å². The predicted octanol–water partition coefficient (Wildman–Crippen LogP) is 7.79. The molecule has 0 radical (unpaired) electrons. The van der Waals surface area contributed by atoms with Crippen LogP contribution in [0.1, 0.15) is 34.8 Å². The van der Waals surface area contributed by atoms with Gasteiger partial charge in [-0.05, 0) is 54.8 Å². The zero-order valence-corrected chi connectivity index (χ0v) is 22.3. The van der Waals surface area contributed by atoms with Gasteiger partial charge in [0, 0.05) is 11.8 Å². The van der Waals surface area contributed by atoms with Crippen molar-refractivity contribution in [1.29, 1.82) is 0 Å². The lowest BCUT2D eigenvalue weighted by Gasteiger charge is -2.14. The zero-order chi connectivity index (χ0) is 29.8. The number of ether oxygens (including phenoxy) is 2. The van der Waals surface area contributed by atoms with Gasteiger partial charge in [-0.1, -0.05) is 59.8 Å². The lowest BCUT2D eigenvalue weighted by atomic mass is 10.0. The third-order valence-electron chi connectivity index (χ3n) is 6.31. The molecule has 42 heavy (non-hydrogen) atoms. The highest BCUT2D eigenvalue weighted by Crippen LogP contribution is 2.36. The van der Waals surface area contributed by atoms with E-state index in [9.17, 15) is 23.5 Å². The van der Waals surface area contributed by atoms with Crippen molar-refractivity contribution in [2.24, 2.45) is 0 Å². The highest BCUT2D eigenvalue weighted by Gasteiger charge is 2.21. The number of rotatable bonds is 8. The van der Waals surface area contributed by atoms with Crippen LogP contribution >= 0.6 is 0 Å². The molecule has 2 aromatic heterocycles. The number of carbonyl (C=O) groups is 2. The number of anilines is 1. The molecule has 0 unspecified atom stereocenters. The maximum Gasteiger partial charge on any atom is 0.412 e. The van der Waals surface area contributed by atoms with Gasteiger partial charge in [0.05, 0.1) is 0 Å². The Kier molecular flexibility index (Phi) is 7.91. The van der Waals surface area contributed by atoms with Crippen molar-refractivity contribution in [1.82, 2.24) is 10.1 Å². The Morgan fingerprint density at radius 3 is 2.26 bits per heavy atom. The van der Waals surface area contributed by atoms with E-state index >= 15 is 0 Å². The predicted molar refractivity (Wildman–Crippen MR) is 148 cm³/mol. The van der Waals surface area contributed by atoms with E-state index < -0.39 is 41.2 Å². The molecule has 0 bridgehead atoms. The van der Waals surface area contributed by atoms with Crippen molar-refractivity contribution >= 4 is 17.7 Å². The number of amides is 1. The molecular weight excluding hydrogens is 548 g/mol. The van der Waals surface area contributed by atoms with Crippen LogP contribution in [0.2, 0.25) is 0 Å². The van der Waals surface area contributed by atoms with Crippen LogP contribution in [-0.4, -0.2) is 27.3 Å². The number of nitrogens with one attached hydrogen (secondary N) is 1. The second-order valence-corrected chi connectivity index (χ2v) is 9.16. The summed E-state index contributed by atoms with van der Waals surface area (Å²) < 4.78 is 46.0. The summed E-state index contributed by atoms with van der Waals surface area (Å²) in [6.45, 7) is 3.42. The van der Waals surface area contributed by atoms with Crippen LogP contribution in [0.4, 0.5) is 19.3 Å². The molecule has 0 aliphatic heterocycles. The Balaban J connectivity index is 1.34. The van der Waals surface area contributed by atoms with Crippen LogP contribution in [0.5, 0.6) is 11.5 Å². The summed E-state index contributed by atoms with van der Waals surface area (Å²) in [6.07, 6.45) is 0.0494. The molecule has 2 N–H and O–H groups in total. The summed E-state index contributed by atoms with van der Waals surface area (Å²) in [5, 5.41) is 15.9. The number of hydrogen-bond acceptors (Lipinski definition) is 7. The van der Waals surface area contributed by atoms with Crippen molar-refractivity contribution in [3.05, 3.63) is 114 Å². The van der Waals surface area contributed by atoms with Crippen LogP contribution in [0.25, 0.3) is 22.5 Å². The largest absolute Gasteiger partial charge is 0.476 e. The maximum atomic E-state index is 14.9. The summed E-state index contributed by atoms with van der Waals surface area (Å²) >= 11 is 0. The third-order valence-corrected chi connectivity index (χ3v) is 6.31. The third kappa shape index (κ3) is 5.94. The number of carboxylic acid groups (broad SMARTS) is 1. The van der Waals surface area contributed by atoms with Gasteiger partial charge in [-0.2, -0.15) is 0 Å². The Morgan fingerprint density at radius 1 is 0.929 bits per heavy atom. The van der Waals surface area contributed by atoms with Gasteiger partial charge in [0.25, 0.3) is 0 Å². The normalized spacial score (nSPS) is 11.5. The number of aromatic nitrogens is 2. The Bertz CT molecular complexity index is 1730. The van der Waals surface area contributed by atoms with Crippen molar-refractivity contribution in [2.75, 3.05) is 5.32 Å². The van der Waals surface area contributed by atoms with Crippen LogP contribution < -0.4 is 10.1 Å². The molecule has 3 aromatic carbocycles. The minimum absolute atomic E-state index is 0.208. The first-order valence-electron chi connectivity index (χ1n) is 12.7. The molecule has 0 saturated carbocycles. The minimum atomic E-state index is -1.40. The van der Waals surface area contributed by atoms with Gasteiger partial charge in [0.15, 0.2) is 34.6 Å². The summed E-state index contributed by atoms with van der Waals surface area (Å²) in [7, 11) is 0. The van der Waals surface area contributed by atoms with Gasteiger partial charge in [-0.15, -0.1) is 0 Å². The standard InChI is InChI=1S/C31H23F2N3O6/c1-17-26(35-31(39)40-18(2)19-7-4-3-5-8-19)28(42-36-17)21-12-10-20(11-13-21)22-15-23(32)29(24(33)16-22)41-25-9-6-14-34-27(25)30(37)38/h3-16,18H,1-2H3,(H,35,39)(H,37,38)/t18-/m1/s1. The SMILES string of the molecule is Cc1noc(-c2ccc(-c3cc(F)c(Oc4cccnc4C(=O)O)c(F)c3)cc2)c1NC(=O)O[C@H](C)c1ccccc1. The number of aryl methyl sites for hydroxylation is 1. The number of halogens is 2. The molecule has 0 aliphatic rings. The summed E-state index contributed by atoms with van der Waals surface area (Å²) in [6, 6.07) is 20.6. The fourth-order valence-corrected chi connectivity index (χ4v) is 4.18. The molecule has 9 nitrogen and oxygen atoms in total. The lowest BCUT2D eigenvalue weighted by Crippen LogP contribution is -2.16. The second kappa shape index (κ2) is 11.9. The van der Waals surface area contributed by atoms with Gasteiger partial charge < -0.3 is 19.1 Å². The fourth-order valence-electron chi connectivity index (χ4n) is 4.18. The molecule has 0 spiro atoms. The molecule has 0 fully saturated rings. The summed E-state index contributed by atoms with van der Waals surface area (Å²) in [5.74, 6) is -4.25. The minimum Gasteiger partial charge on any atom is -0.476 e. The maximum absolute atomic E-state index is 14.9. The molecule has 212 valence electrons. The summed E-state index contributed by atoms with van der Waals surface area (Å²) in [5.41, 5.74) is 2.33. The molecule has 0 saturated heterocycles. The molecule has 1 atom stereocenters. The van der Waals surface area contributed by atoms with Gasteiger partial charge in [0.1, 0.15) is 17.5 Å². The average molecular weight is 572 g/mol. The van der Waals surface area contributed by atoms with Gasteiger partial charge >= 0.3 is 12.1 Å². The fraction of sp³-hybridized carbons (Fsp3) is 0.0968. The topological polar surface area (TPSA) is 124 Å². The summed E-state index contributed by atoms with van der Waals surface area (Å²) in [4.78, 5) is 27.6. The second-order valence-electron chi connectivity index (χ2n) is 9.16. The number of aromatic carboxylic acids is 1. The van der Waals surface area contributed by atoms with Gasteiger partial charge in [-0.3, -0.25) is 5.32 Å². The quantitative estimate of drug-likeness (QED) is 0.193. The van der Waals surface area contributed by atoms with Crippen LogP contribution in [0.3, 0.4) is 0 Å². The van der Waals surface area contributed by atoms with Crippen LogP contribution in [0.15, 0.2) is 89.6 Å². The average Bonchev–Trinajstić information content (AvgIpc) is 3.34. The Labute approximate surface area is 238 Å². The van der Waals surface area contributed by atoms with E-state index in [1.165, 1.54) is 18.3 Å². The molecule has 11 heteroatoms. The van der Waals surface area contributed by atoms with Crippen molar-refractivity contribution in [3.8, 4) is 33.9 Å². The van der Waals surface area contributed by atoms with E-state index in [4.69, 9.17) is 14.0 Å². The van der Waals surface area contributed by atoms with Crippen molar-refractivity contribution in [2.45, 2.75) is 20.0 Å². The van der Waals surface area contributed by atoms with E-state index in [1.54, 1.807) is 38.1 Å². The van der Waals surface area contributed by atoms with E-state index in [2.05, 4.69) is 15.5 Å². The van der Waals surface area contributed by atoms with Crippen molar-refractivity contribution < 1.29 is 37.5 Å². The first kappa shape index (κ1) is 28.0. The molecule has 5 rings (SSSR count). The number of nitrogens with zero attached hydrogens (tertiary/aromatic N) is 2. The molecule has 1 amide bonds. The molecule has 0 aliphatic carbocycles. The van der Waals surface area contributed by atoms with E-state index in [0.717, 1.165) is 17.7 Å². The number of carbonyl (C=O) groups excluding carboxylic acids is 1. The highest BCUT2D eigenvalue weighted by molar-refractivity contribution is 5.91. The van der Waals surface area contributed by atoms with E-state index in [0.29, 0.717) is 22.5 Å². The smallest absolute Gasteiger partial charge is 0.412 e. The van der Waals surface area contributed by atoms with E-state index in [-0.39, 0.29) is 17.1 Å². The molecular formula is C31H23F2N3O6. The van der Waals surface area contributed by atoms with Gasteiger partial charge in [-0.25, -0.2) is 23.4 Å². The van der Waals surface area contributed by atoms with E-state index in [1.807, 2.05) is 30.3 Å². The van der Waals surface area contributed by atoms with Crippen molar-refractivity contribution in [3.63, 3.8) is 0 Å². The Morgan fingerprint density at radius 2 is 1.60 bits per heavy atom. The number of hydrogen-bond donors (Lipinski definition) is 2. The first-order chi connectivity index (χ1) is 20.2. The van der Waals surface area contributed by atoms with Crippen LogP contribution in [-0.2, 0) is 4.74 Å². The number of carboxylic acids is 1. The number of benzene rings is 3. The Hall–Kier alpha value is -5.58. The highest BCUT2D eigenvalue weighted by atomic mass is 19.1. The van der Waals surface area contributed by atoms with Gasteiger partial charge in [0.2, 0.25) is 0 Å². The molecule has 2 heterocycles. The number of pyridine rings is 1. The first-order valence-corrected chi connectivity index (χ1v) is 12.7.